The number of hydrogen-bond acceptors (Lipinski definition) is 5. The maximum atomic E-state index is 13.1. The third-order valence-corrected chi connectivity index (χ3v) is 4.99. The largest absolute Gasteiger partial charge is 0.480 e. The lowest BCUT2D eigenvalue weighted by Crippen LogP contribution is -2.50. The number of carboxylic acid groups (broad SMARTS) is 1. The molecule has 1 aliphatic heterocycles. The molecule has 0 radical (unpaired) electrons. The summed E-state index contributed by atoms with van der Waals surface area (Å²) in [5.74, 6) is -0.305. The molecule has 1 aromatic carbocycles. The van der Waals surface area contributed by atoms with Crippen LogP contribution in [-0.4, -0.2) is 52.5 Å². The molecule has 1 N–H and O–H groups in total. The molecule has 0 bridgehead atoms. The molecule has 1 atom stereocenters. The number of carbonyl (C=O) groups excluding carboxylic acids is 1. The van der Waals surface area contributed by atoms with Crippen molar-refractivity contribution in [2.75, 3.05) is 0 Å². The molecule has 3 aromatic rings. The first kappa shape index (κ1) is 17.9. The SMILES string of the molecule is Cc1ccc(-n2nc(C(=O)N3Cc4nnc(C)n4CC3C(=O)O)cc2C)cc1. The van der Waals surface area contributed by atoms with Crippen molar-refractivity contribution >= 4 is 11.9 Å². The highest BCUT2D eigenvalue weighted by Crippen LogP contribution is 2.21. The van der Waals surface area contributed by atoms with Crippen LogP contribution in [0.25, 0.3) is 5.69 Å². The first-order chi connectivity index (χ1) is 13.3. The summed E-state index contributed by atoms with van der Waals surface area (Å²) in [4.78, 5) is 26.2. The lowest BCUT2D eigenvalue weighted by molar-refractivity contribution is -0.143. The summed E-state index contributed by atoms with van der Waals surface area (Å²) in [6, 6.07) is 8.47. The summed E-state index contributed by atoms with van der Waals surface area (Å²) in [7, 11) is 0. The number of amides is 1. The van der Waals surface area contributed by atoms with Crippen LogP contribution in [0.3, 0.4) is 0 Å². The lowest BCUT2D eigenvalue weighted by atomic mass is 10.1. The molecule has 28 heavy (non-hydrogen) atoms. The Morgan fingerprint density at radius 1 is 1.11 bits per heavy atom. The van der Waals surface area contributed by atoms with Crippen molar-refractivity contribution in [3.8, 4) is 5.69 Å². The molecular weight excluding hydrogens is 360 g/mol. The number of rotatable bonds is 3. The Morgan fingerprint density at radius 2 is 1.82 bits per heavy atom. The van der Waals surface area contributed by atoms with Crippen LogP contribution in [0.2, 0.25) is 0 Å². The number of nitrogens with zero attached hydrogens (tertiary/aromatic N) is 6. The van der Waals surface area contributed by atoms with E-state index in [-0.39, 0.29) is 18.8 Å². The zero-order valence-corrected chi connectivity index (χ0v) is 15.8. The van der Waals surface area contributed by atoms with E-state index in [1.165, 1.54) is 4.90 Å². The van der Waals surface area contributed by atoms with E-state index in [0.29, 0.717) is 11.6 Å². The molecule has 9 nitrogen and oxygen atoms in total. The number of aryl methyl sites for hydroxylation is 3. The third-order valence-electron chi connectivity index (χ3n) is 4.99. The Balaban J connectivity index is 1.68. The van der Waals surface area contributed by atoms with Crippen molar-refractivity contribution < 1.29 is 14.7 Å². The fourth-order valence-corrected chi connectivity index (χ4v) is 3.41. The summed E-state index contributed by atoms with van der Waals surface area (Å²) < 4.78 is 3.41. The fraction of sp³-hybridized carbons (Fsp3) is 0.316. The van der Waals surface area contributed by atoms with E-state index < -0.39 is 17.9 Å². The van der Waals surface area contributed by atoms with E-state index in [1.54, 1.807) is 22.2 Å². The van der Waals surface area contributed by atoms with Crippen LogP contribution in [0.15, 0.2) is 30.3 Å². The van der Waals surface area contributed by atoms with Gasteiger partial charge in [-0.25, -0.2) is 9.48 Å². The van der Waals surface area contributed by atoms with Gasteiger partial charge in [-0.3, -0.25) is 4.79 Å². The number of carboxylic acids is 1. The van der Waals surface area contributed by atoms with Gasteiger partial charge in [0.1, 0.15) is 11.9 Å². The monoisotopic (exact) mass is 380 g/mol. The normalized spacial score (nSPS) is 16.1. The van der Waals surface area contributed by atoms with E-state index in [2.05, 4.69) is 15.3 Å². The number of fused-ring (bicyclic) bond motifs is 1. The van der Waals surface area contributed by atoms with E-state index in [0.717, 1.165) is 16.9 Å². The molecule has 2 aromatic heterocycles. The van der Waals surface area contributed by atoms with E-state index in [1.807, 2.05) is 38.1 Å². The maximum Gasteiger partial charge on any atom is 0.328 e. The molecule has 4 rings (SSSR count). The average molecular weight is 380 g/mol. The van der Waals surface area contributed by atoms with Gasteiger partial charge < -0.3 is 14.6 Å². The van der Waals surface area contributed by atoms with Crippen LogP contribution in [0.4, 0.5) is 0 Å². The predicted octanol–water partition coefficient (Wildman–Crippen LogP) is 1.50. The van der Waals surface area contributed by atoms with E-state index in [9.17, 15) is 14.7 Å². The molecule has 3 heterocycles. The molecule has 9 heteroatoms. The van der Waals surface area contributed by atoms with Crippen molar-refractivity contribution in [1.82, 2.24) is 29.4 Å². The van der Waals surface area contributed by atoms with E-state index >= 15 is 0 Å². The van der Waals surface area contributed by atoms with Gasteiger partial charge in [-0.2, -0.15) is 5.10 Å². The van der Waals surface area contributed by atoms with Crippen molar-refractivity contribution in [2.24, 2.45) is 0 Å². The molecular formula is C19H20N6O3. The Bertz CT molecular complexity index is 1070. The summed E-state index contributed by atoms with van der Waals surface area (Å²) in [5.41, 5.74) is 2.96. The van der Waals surface area contributed by atoms with Crippen molar-refractivity contribution in [3.05, 3.63) is 58.9 Å². The predicted molar refractivity (Wildman–Crippen MR) is 99.1 cm³/mol. The minimum atomic E-state index is -1.07. The Labute approximate surface area is 161 Å². The molecule has 0 fully saturated rings. The first-order valence-electron chi connectivity index (χ1n) is 8.91. The Hall–Kier alpha value is -3.49. The molecule has 1 aliphatic rings. The smallest absolute Gasteiger partial charge is 0.328 e. The molecule has 0 saturated heterocycles. The van der Waals surface area contributed by atoms with Crippen molar-refractivity contribution in [1.29, 1.82) is 0 Å². The fourth-order valence-electron chi connectivity index (χ4n) is 3.41. The standard InChI is InChI=1S/C19H20N6O3/c1-11-4-6-14(7-5-11)25-12(2)8-15(22-25)18(26)24-10-17-21-20-13(3)23(17)9-16(24)19(27)28/h4-8,16H,9-10H2,1-3H3,(H,27,28). The number of aromatic nitrogens is 5. The molecule has 1 unspecified atom stereocenters. The van der Waals surface area contributed by atoms with Gasteiger partial charge in [0.25, 0.3) is 5.91 Å². The maximum absolute atomic E-state index is 13.1. The molecule has 0 aliphatic carbocycles. The van der Waals surface area contributed by atoms with Gasteiger partial charge in [-0.05, 0) is 39.0 Å². The Kier molecular flexibility index (Phi) is 4.21. The number of hydrogen-bond donors (Lipinski definition) is 1. The van der Waals surface area contributed by atoms with Gasteiger partial charge in [0.2, 0.25) is 0 Å². The van der Waals surface area contributed by atoms with Crippen molar-refractivity contribution in [2.45, 2.75) is 39.9 Å². The van der Waals surface area contributed by atoms with Crippen molar-refractivity contribution in [3.63, 3.8) is 0 Å². The quantitative estimate of drug-likeness (QED) is 0.738. The summed E-state index contributed by atoms with van der Waals surface area (Å²) in [5, 5.41) is 22.1. The highest BCUT2D eigenvalue weighted by atomic mass is 16.4. The summed E-state index contributed by atoms with van der Waals surface area (Å²) in [6.45, 7) is 5.81. The Morgan fingerprint density at radius 3 is 2.50 bits per heavy atom. The van der Waals surface area contributed by atoms with Gasteiger partial charge in [-0.1, -0.05) is 17.7 Å². The van der Waals surface area contributed by atoms with Crippen LogP contribution >= 0.6 is 0 Å². The number of aliphatic carboxylic acids is 1. The molecule has 0 spiro atoms. The van der Waals surface area contributed by atoms with Crippen LogP contribution in [0, 0.1) is 20.8 Å². The summed E-state index contributed by atoms with van der Waals surface area (Å²) >= 11 is 0. The van der Waals surface area contributed by atoms with Gasteiger partial charge in [0.15, 0.2) is 11.5 Å². The highest BCUT2D eigenvalue weighted by molar-refractivity contribution is 5.95. The van der Waals surface area contributed by atoms with Crippen LogP contribution < -0.4 is 0 Å². The minimum Gasteiger partial charge on any atom is -0.480 e. The average Bonchev–Trinajstić information content (AvgIpc) is 3.23. The summed E-state index contributed by atoms with van der Waals surface area (Å²) in [6.07, 6.45) is 0. The van der Waals surface area contributed by atoms with Crippen LogP contribution in [0.5, 0.6) is 0 Å². The zero-order valence-electron chi connectivity index (χ0n) is 15.8. The topological polar surface area (TPSA) is 106 Å². The van der Waals surface area contributed by atoms with Gasteiger partial charge >= 0.3 is 5.97 Å². The second-order valence-corrected chi connectivity index (χ2v) is 6.98. The van der Waals surface area contributed by atoms with Gasteiger partial charge in [-0.15, -0.1) is 10.2 Å². The van der Waals surface area contributed by atoms with Crippen LogP contribution in [0.1, 0.15) is 33.4 Å². The molecule has 1 amide bonds. The zero-order chi connectivity index (χ0) is 20.0. The molecule has 0 saturated carbocycles. The van der Waals surface area contributed by atoms with Gasteiger partial charge in [0.05, 0.1) is 18.8 Å². The first-order valence-corrected chi connectivity index (χ1v) is 8.91. The number of benzene rings is 1. The molecule has 144 valence electrons. The highest BCUT2D eigenvalue weighted by Gasteiger charge is 2.37. The second kappa shape index (κ2) is 6.59. The minimum absolute atomic E-state index is 0.0765. The second-order valence-electron chi connectivity index (χ2n) is 6.98. The lowest BCUT2D eigenvalue weighted by Gasteiger charge is -2.32. The number of carbonyl (C=O) groups is 2. The van der Waals surface area contributed by atoms with Crippen LogP contribution in [-0.2, 0) is 17.9 Å². The van der Waals surface area contributed by atoms with Gasteiger partial charge in [0, 0.05) is 5.69 Å². The van der Waals surface area contributed by atoms with E-state index in [4.69, 9.17) is 0 Å². The third kappa shape index (κ3) is 2.94.